The topological polar surface area (TPSA) is 48.0 Å². The van der Waals surface area contributed by atoms with Crippen LogP contribution in [-0.2, 0) is 4.79 Å². The van der Waals surface area contributed by atoms with E-state index >= 15 is 0 Å². The Balaban J connectivity index is 1.39. The average Bonchev–Trinajstić information content (AvgIpc) is 3.30. The van der Waals surface area contributed by atoms with Gasteiger partial charge in [0.25, 0.3) is 5.91 Å². The minimum atomic E-state index is -0.488. The van der Waals surface area contributed by atoms with Crippen molar-refractivity contribution in [3.8, 4) is 17.2 Å². The number of likely N-dealkylation sites (tertiary alicyclic amines) is 1. The van der Waals surface area contributed by atoms with Gasteiger partial charge in [-0.1, -0.05) is 24.3 Å². The number of benzene rings is 2. The lowest BCUT2D eigenvalue weighted by Crippen LogP contribution is -2.39. The molecule has 0 aliphatic carbocycles. The fraction of sp³-hybridized carbons (Fsp3) is 0.350. The van der Waals surface area contributed by atoms with Crippen LogP contribution in [0.5, 0.6) is 17.2 Å². The lowest BCUT2D eigenvalue weighted by Gasteiger charge is -2.22. The second kappa shape index (κ2) is 6.67. The van der Waals surface area contributed by atoms with Crippen molar-refractivity contribution in [3.63, 3.8) is 0 Å². The van der Waals surface area contributed by atoms with E-state index in [-0.39, 0.29) is 12.7 Å². The van der Waals surface area contributed by atoms with Gasteiger partial charge < -0.3 is 19.1 Å². The molecule has 2 heterocycles. The molecule has 0 bridgehead atoms. The Bertz CT molecular complexity index is 762. The molecule has 130 valence electrons. The van der Waals surface area contributed by atoms with Crippen molar-refractivity contribution in [2.24, 2.45) is 0 Å². The number of ether oxygens (including phenoxy) is 3. The molecule has 4 rings (SSSR count). The monoisotopic (exact) mass is 339 g/mol. The first-order valence-electron chi connectivity index (χ1n) is 8.61. The Morgan fingerprint density at radius 2 is 1.96 bits per heavy atom. The van der Waals surface area contributed by atoms with E-state index in [4.69, 9.17) is 14.2 Å². The van der Waals surface area contributed by atoms with Crippen LogP contribution in [-0.4, -0.2) is 36.8 Å². The Morgan fingerprint density at radius 1 is 1.16 bits per heavy atom. The second-order valence-electron chi connectivity index (χ2n) is 6.46. The van der Waals surface area contributed by atoms with Crippen LogP contribution in [0.25, 0.3) is 0 Å². The molecule has 1 saturated heterocycles. The minimum Gasteiger partial charge on any atom is -0.481 e. The highest BCUT2D eigenvalue weighted by Crippen LogP contribution is 2.37. The summed E-state index contributed by atoms with van der Waals surface area (Å²) >= 11 is 0. The van der Waals surface area contributed by atoms with Gasteiger partial charge in [0.05, 0.1) is 0 Å². The Kier molecular flexibility index (Phi) is 4.22. The maximum atomic E-state index is 12.7. The molecule has 1 fully saturated rings. The standard InChI is InChI=1S/C20H21NO4/c1-14(25-17-5-3-2-4-6-17)20(22)21-10-9-16(12-21)15-7-8-18-19(11-15)24-13-23-18/h2-8,11,14,16H,9-10,12-13H2,1H3/t14-,16+/m0/s1. The molecule has 2 aliphatic rings. The summed E-state index contributed by atoms with van der Waals surface area (Å²) in [5, 5.41) is 0. The molecule has 5 heteroatoms. The van der Waals surface area contributed by atoms with E-state index in [2.05, 4.69) is 6.07 Å². The third-order valence-corrected chi connectivity index (χ3v) is 4.77. The van der Waals surface area contributed by atoms with Gasteiger partial charge in [-0.15, -0.1) is 0 Å². The Labute approximate surface area is 147 Å². The normalized spacial score (nSPS) is 19.7. The summed E-state index contributed by atoms with van der Waals surface area (Å²) in [6, 6.07) is 15.5. The number of para-hydroxylation sites is 1. The quantitative estimate of drug-likeness (QED) is 0.858. The molecule has 0 N–H and O–H groups in total. The van der Waals surface area contributed by atoms with E-state index in [0.717, 1.165) is 30.2 Å². The number of hydrogen-bond donors (Lipinski definition) is 0. The highest BCUT2D eigenvalue weighted by Gasteiger charge is 2.31. The molecule has 2 atom stereocenters. The second-order valence-corrected chi connectivity index (χ2v) is 6.46. The van der Waals surface area contributed by atoms with E-state index < -0.39 is 6.10 Å². The van der Waals surface area contributed by atoms with E-state index in [1.807, 2.05) is 54.3 Å². The van der Waals surface area contributed by atoms with Gasteiger partial charge in [0, 0.05) is 19.0 Å². The lowest BCUT2D eigenvalue weighted by atomic mass is 9.98. The van der Waals surface area contributed by atoms with Crippen molar-refractivity contribution in [3.05, 3.63) is 54.1 Å². The predicted octanol–water partition coefficient (Wildman–Crippen LogP) is 3.20. The molecule has 0 saturated carbocycles. The molecule has 0 spiro atoms. The zero-order valence-corrected chi connectivity index (χ0v) is 14.2. The van der Waals surface area contributed by atoms with Gasteiger partial charge in [0.15, 0.2) is 17.6 Å². The van der Waals surface area contributed by atoms with Crippen LogP contribution in [0.15, 0.2) is 48.5 Å². The highest BCUT2D eigenvalue weighted by atomic mass is 16.7. The molecule has 0 unspecified atom stereocenters. The van der Waals surface area contributed by atoms with E-state index in [1.54, 1.807) is 0 Å². The maximum absolute atomic E-state index is 12.7. The smallest absolute Gasteiger partial charge is 0.263 e. The highest BCUT2D eigenvalue weighted by molar-refractivity contribution is 5.81. The maximum Gasteiger partial charge on any atom is 0.263 e. The van der Waals surface area contributed by atoms with Gasteiger partial charge in [0.1, 0.15) is 5.75 Å². The third kappa shape index (κ3) is 3.27. The number of carbonyl (C=O) groups is 1. The number of amides is 1. The van der Waals surface area contributed by atoms with Crippen molar-refractivity contribution in [1.29, 1.82) is 0 Å². The molecular weight excluding hydrogens is 318 g/mol. The molecule has 5 nitrogen and oxygen atoms in total. The number of hydrogen-bond acceptors (Lipinski definition) is 4. The van der Waals surface area contributed by atoms with Crippen LogP contribution in [0, 0.1) is 0 Å². The van der Waals surface area contributed by atoms with Crippen molar-refractivity contribution >= 4 is 5.91 Å². The van der Waals surface area contributed by atoms with Crippen LogP contribution in [0.2, 0.25) is 0 Å². The summed E-state index contributed by atoms with van der Waals surface area (Å²) < 4.78 is 16.6. The van der Waals surface area contributed by atoms with Crippen molar-refractivity contribution < 1.29 is 19.0 Å². The minimum absolute atomic E-state index is 0.0343. The van der Waals surface area contributed by atoms with Crippen molar-refractivity contribution in [2.45, 2.75) is 25.4 Å². The number of rotatable bonds is 4. The van der Waals surface area contributed by atoms with Crippen LogP contribution in [0.4, 0.5) is 0 Å². The number of fused-ring (bicyclic) bond motifs is 1. The zero-order valence-electron chi connectivity index (χ0n) is 14.2. The van der Waals surface area contributed by atoms with Gasteiger partial charge in [-0.05, 0) is 43.2 Å². The Hall–Kier alpha value is -2.69. The first-order valence-corrected chi connectivity index (χ1v) is 8.61. The molecule has 1 amide bonds. The summed E-state index contributed by atoms with van der Waals surface area (Å²) in [4.78, 5) is 14.6. The number of nitrogens with zero attached hydrogens (tertiary/aromatic N) is 1. The molecular formula is C20H21NO4. The molecule has 25 heavy (non-hydrogen) atoms. The van der Waals surface area contributed by atoms with Gasteiger partial charge in [-0.2, -0.15) is 0 Å². The lowest BCUT2D eigenvalue weighted by molar-refractivity contribution is -0.136. The summed E-state index contributed by atoms with van der Waals surface area (Å²) in [6.07, 6.45) is 0.460. The van der Waals surface area contributed by atoms with E-state index in [0.29, 0.717) is 12.5 Å². The largest absolute Gasteiger partial charge is 0.481 e. The zero-order chi connectivity index (χ0) is 17.2. The predicted molar refractivity (Wildman–Crippen MR) is 93.0 cm³/mol. The van der Waals surface area contributed by atoms with Crippen molar-refractivity contribution in [2.75, 3.05) is 19.9 Å². The summed E-state index contributed by atoms with van der Waals surface area (Å²) in [7, 11) is 0. The van der Waals surface area contributed by atoms with Crippen LogP contribution in [0.3, 0.4) is 0 Å². The van der Waals surface area contributed by atoms with Crippen molar-refractivity contribution in [1.82, 2.24) is 4.90 Å². The molecule has 0 aromatic heterocycles. The average molecular weight is 339 g/mol. The summed E-state index contributed by atoms with van der Waals surface area (Å²) in [5.41, 5.74) is 1.19. The van der Waals surface area contributed by atoms with Crippen LogP contribution < -0.4 is 14.2 Å². The Morgan fingerprint density at radius 3 is 2.80 bits per heavy atom. The first kappa shape index (κ1) is 15.8. The molecule has 0 radical (unpaired) electrons. The van der Waals surface area contributed by atoms with E-state index in [9.17, 15) is 4.79 Å². The van der Waals surface area contributed by atoms with Crippen LogP contribution in [0.1, 0.15) is 24.8 Å². The van der Waals surface area contributed by atoms with Gasteiger partial charge in [-0.25, -0.2) is 0 Å². The van der Waals surface area contributed by atoms with Gasteiger partial charge in [0.2, 0.25) is 6.79 Å². The van der Waals surface area contributed by atoms with Crippen LogP contribution >= 0.6 is 0 Å². The fourth-order valence-electron chi connectivity index (χ4n) is 3.41. The molecule has 2 aliphatic heterocycles. The summed E-state index contributed by atoms with van der Waals surface area (Å²) in [5.74, 6) is 2.66. The third-order valence-electron chi connectivity index (χ3n) is 4.77. The number of carbonyl (C=O) groups excluding carboxylic acids is 1. The van der Waals surface area contributed by atoms with Gasteiger partial charge >= 0.3 is 0 Å². The van der Waals surface area contributed by atoms with Gasteiger partial charge in [-0.3, -0.25) is 4.79 Å². The first-order chi connectivity index (χ1) is 12.2. The fourth-order valence-corrected chi connectivity index (χ4v) is 3.41. The SMILES string of the molecule is C[C@H](Oc1ccccc1)C(=O)N1CC[C@@H](c2ccc3c(c2)OCO3)C1. The molecule has 2 aromatic rings. The van der Waals surface area contributed by atoms with E-state index in [1.165, 1.54) is 5.56 Å². The molecule has 2 aromatic carbocycles. The summed E-state index contributed by atoms with van der Waals surface area (Å²) in [6.45, 7) is 3.55.